The van der Waals surface area contributed by atoms with Crippen LogP contribution in [0.5, 0.6) is 17.2 Å². The number of carbonyl (C=O) groups is 2. The van der Waals surface area contributed by atoms with Crippen molar-refractivity contribution in [3.63, 3.8) is 0 Å². The van der Waals surface area contributed by atoms with Crippen molar-refractivity contribution in [2.24, 2.45) is 0 Å². The molecule has 2 heterocycles. The number of amides is 1. The molecule has 3 aromatic carbocycles. The lowest BCUT2D eigenvalue weighted by molar-refractivity contribution is -0.136. The van der Waals surface area contributed by atoms with Gasteiger partial charge in [-0.15, -0.1) is 0 Å². The predicted molar refractivity (Wildman–Crippen MR) is 132 cm³/mol. The molecule has 5 rings (SSSR count). The summed E-state index contributed by atoms with van der Waals surface area (Å²) in [7, 11) is 0. The van der Waals surface area contributed by atoms with Crippen LogP contribution in [0.3, 0.4) is 0 Å². The van der Waals surface area contributed by atoms with Crippen molar-refractivity contribution in [3.05, 3.63) is 90.3 Å². The lowest BCUT2D eigenvalue weighted by Gasteiger charge is -2.14. The highest BCUT2D eigenvalue weighted by molar-refractivity contribution is 6.18. The summed E-state index contributed by atoms with van der Waals surface area (Å²) in [4.78, 5) is 27.0. The number of nitrogens with zero attached hydrogens (tertiary/aromatic N) is 2. The number of aromatic hydroxyl groups is 1. The molecule has 0 spiro atoms. The number of fused-ring (bicyclic) bond motifs is 3. The molecule has 3 N–H and O–H groups in total. The van der Waals surface area contributed by atoms with Crippen LogP contribution in [-0.2, 0) is 22.6 Å². The summed E-state index contributed by atoms with van der Waals surface area (Å²) in [5.41, 5.74) is 3.00. The monoisotopic (exact) mass is 467 g/mol. The molecule has 5 aromatic rings. The first-order valence-corrected chi connectivity index (χ1v) is 10.9. The minimum absolute atomic E-state index is 0.0681. The van der Waals surface area contributed by atoms with Crippen molar-refractivity contribution < 1.29 is 24.5 Å². The molecule has 0 saturated carbocycles. The zero-order chi connectivity index (χ0) is 24.4. The second-order valence-electron chi connectivity index (χ2n) is 7.99. The number of benzene rings is 3. The Balaban J connectivity index is 1.71. The lowest BCUT2D eigenvalue weighted by atomic mass is 10.0. The van der Waals surface area contributed by atoms with Crippen LogP contribution in [0.2, 0.25) is 0 Å². The number of pyridine rings is 1. The number of ether oxygens (including phenoxy) is 1. The highest BCUT2D eigenvalue weighted by atomic mass is 16.5. The van der Waals surface area contributed by atoms with Gasteiger partial charge in [-0.3, -0.25) is 14.6 Å². The molecule has 0 saturated heterocycles. The molecule has 35 heavy (non-hydrogen) atoms. The molecule has 8 heteroatoms. The maximum Gasteiger partial charge on any atom is 0.307 e. The van der Waals surface area contributed by atoms with Crippen molar-refractivity contribution in [2.75, 3.05) is 5.32 Å². The van der Waals surface area contributed by atoms with Gasteiger partial charge >= 0.3 is 5.97 Å². The molecule has 0 aliphatic rings. The van der Waals surface area contributed by atoms with Gasteiger partial charge in [0.1, 0.15) is 17.2 Å². The summed E-state index contributed by atoms with van der Waals surface area (Å²) in [6.45, 7) is 0.382. The highest BCUT2D eigenvalue weighted by Gasteiger charge is 2.21. The van der Waals surface area contributed by atoms with Crippen molar-refractivity contribution >= 4 is 39.9 Å². The van der Waals surface area contributed by atoms with Crippen LogP contribution in [0.15, 0.2) is 79.1 Å². The molecular formula is C27H21N3O5. The maximum atomic E-state index is 11.4. The molecule has 0 fully saturated rings. The first-order chi connectivity index (χ1) is 17.1. The smallest absolute Gasteiger partial charge is 0.307 e. The van der Waals surface area contributed by atoms with Gasteiger partial charge in [0.05, 0.1) is 47.5 Å². The number of para-hydroxylation sites is 2. The quantitative estimate of drug-likeness (QED) is 0.279. The zero-order valence-electron chi connectivity index (χ0n) is 18.5. The van der Waals surface area contributed by atoms with E-state index in [1.54, 1.807) is 18.3 Å². The average molecular weight is 467 g/mol. The summed E-state index contributed by atoms with van der Waals surface area (Å²) in [5, 5.41) is 23.8. The topological polar surface area (TPSA) is 114 Å². The van der Waals surface area contributed by atoms with Crippen LogP contribution in [0.1, 0.15) is 11.1 Å². The minimum Gasteiger partial charge on any atom is -0.506 e. The number of carbonyl (C=O) groups excluding carboxylic acids is 1. The van der Waals surface area contributed by atoms with Gasteiger partial charge in [-0.05, 0) is 29.8 Å². The number of nitrogens with one attached hydrogen (secondary N) is 1. The van der Waals surface area contributed by atoms with Gasteiger partial charge in [-0.1, -0.05) is 42.5 Å². The second-order valence-corrected chi connectivity index (χ2v) is 7.99. The third-order valence-electron chi connectivity index (χ3n) is 5.82. The summed E-state index contributed by atoms with van der Waals surface area (Å²) < 4.78 is 8.09. The predicted octanol–water partition coefficient (Wildman–Crippen LogP) is 4.93. The fourth-order valence-electron chi connectivity index (χ4n) is 4.37. The number of hydrogen-bond acceptors (Lipinski definition) is 5. The standard InChI is InChI=1S/C27H21N3O5/c31-16-29-27-17(12-24(33)34)10-11-20-26(27)25-21(13-28-14-22(25)32)30(20)15-18-6-4-5-9-23(18)35-19-7-2-1-3-8-19/h1-11,13-14,16,32H,12,15H2,(H,29,31)(H,33,34). The van der Waals surface area contributed by atoms with Gasteiger partial charge < -0.3 is 24.8 Å². The van der Waals surface area contributed by atoms with Gasteiger partial charge in [-0.2, -0.15) is 0 Å². The number of aromatic nitrogens is 2. The number of hydrogen-bond donors (Lipinski definition) is 3. The van der Waals surface area contributed by atoms with E-state index in [4.69, 9.17) is 4.74 Å². The number of aliphatic carboxylic acids is 1. The Hall–Kier alpha value is -4.85. The second kappa shape index (κ2) is 9.18. The Morgan fingerprint density at radius 2 is 1.71 bits per heavy atom. The Morgan fingerprint density at radius 3 is 2.49 bits per heavy atom. The maximum absolute atomic E-state index is 11.4. The van der Waals surface area contributed by atoms with E-state index in [9.17, 15) is 19.8 Å². The first kappa shape index (κ1) is 22.0. The normalized spacial score (nSPS) is 11.0. The Bertz CT molecular complexity index is 1560. The third-order valence-corrected chi connectivity index (χ3v) is 5.82. The molecule has 8 nitrogen and oxygen atoms in total. The largest absolute Gasteiger partial charge is 0.506 e. The molecule has 0 aliphatic heterocycles. The molecule has 174 valence electrons. The van der Waals surface area contributed by atoms with Gasteiger partial charge in [0.25, 0.3) is 0 Å². The van der Waals surface area contributed by atoms with Gasteiger partial charge in [-0.25, -0.2) is 0 Å². The van der Waals surface area contributed by atoms with Crippen molar-refractivity contribution in [3.8, 4) is 17.2 Å². The number of anilines is 1. The van der Waals surface area contributed by atoms with Crippen LogP contribution in [-0.4, -0.2) is 32.1 Å². The Morgan fingerprint density at radius 1 is 0.943 bits per heavy atom. The molecule has 0 atom stereocenters. The number of carboxylic acid groups (broad SMARTS) is 1. The van der Waals surface area contributed by atoms with E-state index in [-0.39, 0.29) is 12.2 Å². The van der Waals surface area contributed by atoms with E-state index < -0.39 is 5.97 Å². The van der Waals surface area contributed by atoms with Gasteiger partial charge in [0.15, 0.2) is 0 Å². The Kier molecular flexibility index (Phi) is 5.76. The van der Waals surface area contributed by atoms with Crippen LogP contribution in [0.25, 0.3) is 21.8 Å². The van der Waals surface area contributed by atoms with Crippen molar-refractivity contribution in [1.82, 2.24) is 9.55 Å². The van der Waals surface area contributed by atoms with E-state index in [2.05, 4.69) is 10.3 Å². The van der Waals surface area contributed by atoms with Gasteiger partial charge in [0.2, 0.25) is 6.41 Å². The SMILES string of the molecule is O=CNc1c(CC(=O)O)ccc2c1c1c(O)cncc1n2Cc1ccccc1Oc1ccccc1. The van der Waals surface area contributed by atoms with E-state index in [0.29, 0.717) is 57.5 Å². The lowest BCUT2D eigenvalue weighted by Crippen LogP contribution is -2.06. The summed E-state index contributed by atoms with van der Waals surface area (Å²) in [6, 6.07) is 20.6. The van der Waals surface area contributed by atoms with Crippen LogP contribution in [0.4, 0.5) is 5.69 Å². The van der Waals surface area contributed by atoms with E-state index in [0.717, 1.165) is 5.56 Å². The third kappa shape index (κ3) is 4.13. The zero-order valence-corrected chi connectivity index (χ0v) is 18.5. The fourth-order valence-corrected chi connectivity index (χ4v) is 4.37. The van der Waals surface area contributed by atoms with Crippen LogP contribution in [0, 0.1) is 0 Å². The number of carboxylic acids is 1. The van der Waals surface area contributed by atoms with Crippen LogP contribution >= 0.6 is 0 Å². The molecular weight excluding hydrogens is 446 g/mol. The fraction of sp³-hybridized carbons (Fsp3) is 0.0741. The first-order valence-electron chi connectivity index (χ1n) is 10.9. The summed E-state index contributed by atoms with van der Waals surface area (Å²) in [6.07, 6.45) is 3.19. The van der Waals surface area contributed by atoms with E-state index in [1.165, 1.54) is 6.20 Å². The highest BCUT2D eigenvalue weighted by Crippen LogP contribution is 2.41. The summed E-state index contributed by atoms with van der Waals surface area (Å²) >= 11 is 0. The molecule has 2 aromatic heterocycles. The minimum atomic E-state index is -1.03. The Labute approximate surface area is 200 Å². The van der Waals surface area contributed by atoms with Crippen molar-refractivity contribution in [2.45, 2.75) is 13.0 Å². The number of rotatable bonds is 8. The molecule has 1 amide bonds. The van der Waals surface area contributed by atoms with Gasteiger partial charge in [0, 0.05) is 10.9 Å². The van der Waals surface area contributed by atoms with E-state index in [1.807, 2.05) is 59.2 Å². The average Bonchev–Trinajstić information content (AvgIpc) is 3.17. The molecule has 0 bridgehead atoms. The molecule has 0 unspecified atom stereocenters. The summed E-state index contributed by atoms with van der Waals surface area (Å²) in [5.74, 6) is 0.286. The van der Waals surface area contributed by atoms with Crippen molar-refractivity contribution in [1.29, 1.82) is 0 Å². The van der Waals surface area contributed by atoms with Crippen LogP contribution < -0.4 is 10.1 Å². The molecule has 0 aliphatic carbocycles. The van der Waals surface area contributed by atoms with E-state index >= 15 is 0 Å². The molecule has 0 radical (unpaired) electrons.